The molecular weight excluding hydrogens is 1420 g/mol. The standard InChI is InChI=1S/C10H22N2.2C10H16N2.C6H16N2.8CH3.4Pt/c1-7(2)5-8-3-4-9(11)10(12)6-8;2*1-8(2)7-9(11)10-5-3-4-6-12-10;1-5(2)3-6(8)4-7;;;;;;;;;;;;/h7-10H,3-6,11-12H2,1-2H3;2*3-6,8-9H,7,11H2,1-2H3;5-6H,3-4,7-8H2,1-2H3;8*1H3;;;;/q;;;;8*-1;;;2*+2. The van der Waals surface area contributed by atoms with E-state index in [1.165, 1.54) is 12.8 Å². The molecule has 1 fully saturated rings. The minimum atomic E-state index is 0. The van der Waals surface area contributed by atoms with Crippen LogP contribution < -0.4 is 34.4 Å². The summed E-state index contributed by atoms with van der Waals surface area (Å²) in [6, 6.07) is 12.6. The largest absolute Gasteiger partial charge is 2.00 e. The summed E-state index contributed by atoms with van der Waals surface area (Å²) in [5.74, 6) is 3.56. The van der Waals surface area contributed by atoms with Crippen molar-refractivity contribution in [3.05, 3.63) is 120 Å². The molecule has 354 valence electrons. The SMILES string of the molecule is CC(C)CC(N)CN.CC(C)CC(N)c1ccccn1.CC(C)CC(N)c1ccccn1.CC(C)CC1CCC(N)C(N)C1.[CH3-].[CH3-].[CH3-].[CH3-].[CH3-].[CH3-].[CH3-].[CH3-].[Pt+2].[Pt+2].[Pt].[Pt]. The first-order valence-corrected chi connectivity index (χ1v) is 17.0. The van der Waals surface area contributed by atoms with Crippen LogP contribution in [0.25, 0.3) is 0 Å². The first kappa shape index (κ1) is 92.2. The van der Waals surface area contributed by atoms with Gasteiger partial charge in [0, 0.05) is 91.3 Å². The molecular formula is C44H94N8Pt4-4. The molecule has 2 heterocycles. The normalized spacial score (nSPS) is 15.8. The van der Waals surface area contributed by atoms with Crippen molar-refractivity contribution in [3.8, 4) is 0 Å². The van der Waals surface area contributed by atoms with Gasteiger partial charge in [-0.3, -0.25) is 9.97 Å². The molecule has 12 heteroatoms. The summed E-state index contributed by atoms with van der Waals surface area (Å²) in [6.45, 7) is 18.1. The minimum Gasteiger partial charge on any atom is -0.358 e. The van der Waals surface area contributed by atoms with Gasteiger partial charge in [0.1, 0.15) is 0 Å². The molecule has 2 aromatic heterocycles. The predicted molar refractivity (Wildman–Crippen MR) is 242 cm³/mol. The molecule has 0 spiro atoms. The quantitative estimate of drug-likeness (QED) is 0.120. The second kappa shape index (κ2) is 55.8. The van der Waals surface area contributed by atoms with Gasteiger partial charge in [-0.15, -0.1) is 0 Å². The van der Waals surface area contributed by atoms with Crippen LogP contribution in [0.2, 0.25) is 0 Å². The van der Waals surface area contributed by atoms with E-state index in [9.17, 15) is 0 Å². The van der Waals surface area contributed by atoms with Crippen molar-refractivity contribution in [2.45, 2.75) is 131 Å². The van der Waals surface area contributed by atoms with E-state index >= 15 is 0 Å². The number of nitrogens with two attached hydrogens (primary N) is 6. The third-order valence-electron chi connectivity index (χ3n) is 7.53. The van der Waals surface area contributed by atoms with Crippen LogP contribution in [0.15, 0.2) is 48.8 Å². The molecule has 0 saturated heterocycles. The van der Waals surface area contributed by atoms with Gasteiger partial charge < -0.3 is 93.8 Å². The Labute approximate surface area is 411 Å². The van der Waals surface area contributed by atoms with Crippen LogP contribution in [-0.4, -0.2) is 34.6 Å². The average molecular weight is 1520 g/mol. The van der Waals surface area contributed by atoms with Gasteiger partial charge in [-0.2, -0.15) is 0 Å². The van der Waals surface area contributed by atoms with Crippen LogP contribution in [0, 0.1) is 89.0 Å². The topological polar surface area (TPSA) is 182 Å². The van der Waals surface area contributed by atoms with Gasteiger partial charge in [0.15, 0.2) is 0 Å². The maximum Gasteiger partial charge on any atom is 2.00 e. The zero-order chi connectivity index (χ0) is 33.7. The number of nitrogens with zero attached hydrogens (tertiary/aromatic N) is 2. The summed E-state index contributed by atoms with van der Waals surface area (Å²) in [5.41, 5.74) is 36.5. The first-order chi connectivity index (χ1) is 20.7. The molecule has 56 heavy (non-hydrogen) atoms. The second-order valence-electron chi connectivity index (χ2n) is 14.2. The monoisotopic (exact) mass is 1510 g/mol. The molecule has 8 nitrogen and oxygen atoms in total. The van der Waals surface area contributed by atoms with E-state index in [0.717, 1.165) is 55.3 Å². The second-order valence-corrected chi connectivity index (χ2v) is 14.2. The molecule has 0 amide bonds. The Morgan fingerprint density at radius 1 is 0.554 bits per heavy atom. The summed E-state index contributed by atoms with van der Waals surface area (Å²) in [4.78, 5) is 8.41. The van der Waals surface area contributed by atoms with Crippen LogP contribution in [0.1, 0.15) is 124 Å². The molecule has 1 aliphatic rings. The van der Waals surface area contributed by atoms with E-state index in [4.69, 9.17) is 34.4 Å². The van der Waals surface area contributed by atoms with Gasteiger partial charge in [0.05, 0.1) is 11.4 Å². The Morgan fingerprint density at radius 3 is 1.14 bits per heavy atom. The molecule has 1 aliphatic carbocycles. The molecule has 0 bridgehead atoms. The minimum absolute atomic E-state index is 0. The van der Waals surface area contributed by atoms with Gasteiger partial charge in [-0.1, -0.05) is 67.5 Å². The Balaban J connectivity index is -0.0000000377. The van der Waals surface area contributed by atoms with Crippen LogP contribution in [0.3, 0.4) is 0 Å². The summed E-state index contributed by atoms with van der Waals surface area (Å²) in [6.07, 6.45) is 11.5. The molecule has 12 N–H and O–H groups in total. The van der Waals surface area contributed by atoms with Crippen LogP contribution in [-0.2, 0) is 84.3 Å². The molecule has 0 aliphatic heterocycles. The van der Waals surface area contributed by atoms with Crippen molar-refractivity contribution in [1.29, 1.82) is 0 Å². The van der Waals surface area contributed by atoms with Crippen molar-refractivity contribution in [3.63, 3.8) is 0 Å². The van der Waals surface area contributed by atoms with Crippen LogP contribution in [0.5, 0.6) is 0 Å². The maximum absolute atomic E-state index is 5.93. The summed E-state index contributed by atoms with van der Waals surface area (Å²) in [5, 5.41) is 0. The van der Waals surface area contributed by atoms with E-state index in [1.807, 2.05) is 36.4 Å². The van der Waals surface area contributed by atoms with Crippen molar-refractivity contribution in [2.75, 3.05) is 6.54 Å². The van der Waals surface area contributed by atoms with Gasteiger partial charge in [-0.05, 0) is 98.8 Å². The fourth-order valence-electron chi connectivity index (χ4n) is 5.35. The number of hydrogen-bond donors (Lipinski definition) is 6. The van der Waals surface area contributed by atoms with Crippen molar-refractivity contribution >= 4 is 0 Å². The Bertz CT molecular complexity index is 878. The zero-order valence-electron chi connectivity index (χ0n) is 38.7. The number of pyridine rings is 2. The van der Waals surface area contributed by atoms with E-state index in [1.54, 1.807) is 12.4 Å². The molecule has 0 radical (unpaired) electrons. The molecule has 2 aromatic rings. The molecule has 6 atom stereocenters. The fraction of sp³-hybridized carbons (Fsp3) is 0.591. The summed E-state index contributed by atoms with van der Waals surface area (Å²) >= 11 is 0. The third kappa shape index (κ3) is 51.0. The fourth-order valence-corrected chi connectivity index (χ4v) is 5.35. The summed E-state index contributed by atoms with van der Waals surface area (Å²) < 4.78 is 0. The Morgan fingerprint density at radius 2 is 0.911 bits per heavy atom. The zero-order valence-corrected chi connectivity index (χ0v) is 47.8. The molecule has 0 aromatic carbocycles. The average Bonchev–Trinajstić information content (AvgIpc) is 2.95. The number of aromatic nitrogens is 2. The summed E-state index contributed by atoms with van der Waals surface area (Å²) in [7, 11) is 0. The first-order valence-electron chi connectivity index (χ1n) is 17.0. The van der Waals surface area contributed by atoms with Crippen molar-refractivity contribution in [1.82, 2.24) is 9.97 Å². The van der Waals surface area contributed by atoms with E-state index in [-0.39, 0.29) is 174 Å². The molecule has 3 rings (SSSR count). The molecule has 1 saturated carbocycles. The Hall–Kier alpha value is 0.813. The number of rotatable bonds is 11. The molecule has 6 unspecified atom stereocenters. The van der Waals surface area contributed by atoms with E-state index < -0.39 is 0 Å². The van der Waals surface area contributed by atoms with Crippen LogP contribution >= 0.6 is 0 Å². The van der Waals surface area contributed by atoms with Gasteiger partial charge in [0.25, 0.3) is 0 Å². The smallest absolute Gasteiger partial charge is 0.358 e. The maximum atomic E-state index is 5.93. The van der Waals surface area contributed by atoms with E-state index in [0.29, 0.717) is 24.3 Å². The van der Waals surface area contributed by atoms with Gasteiger partial charge in [0.2, 0.25) is 0 Å². The number of hydrogen-bond acceptors (Lipinski definition) is 8. The van der Waals surface area contributed by atoms with Gasteiger partial charge in [-0.25, -0.2) is 0 Å². The van der Waals surface area contributed by atoms with Crippen molar-refractivity contribution < 1.29 is 84.3 Å². The Kier molecular flexibility index (Phi) is 91.9. The third-order valence-corrected chi connectivity index (χ3v) is 7.53. The predicted octanol–water partition coefficient (Wildman–Crippen LogP) is 9.65. The van der Waals surface area contributed by atoms with E-state index in [2.05, 4.69) is 65.4 Å². The van der Waals surface area contributed by atoms with Gasteiger partial charge >= 0.3 is 42.1 Å². The van der Waals surface area contributed by atoms with Crippen LogP contribution in [0.4, 0.5) is 0 Å². The van der Waals surface area contributed by atoms with Crippen molar-refractivity contribution in [2.24, 2.45) is 64.0 Å².